The van der Waals surface area contributed by atoms with E-state index in [1.807, 2.05) is 12.1 Å². The van der Waals surface area contributed by atoms with Gasteiger partial charge < -0.3 is 9.84 Å². The predicted octanol–water partition coefficient (Wildman–Crippen LogP) is 6.02. The minimum atomic E-state index is -0.0192. The number of ether oxygens (including phenoxy) is 1. The Bertz CT molecular complexity index is 848. The third kappa shape index (κ3) is 3.53. The topological polar surface area (TPSA) is 46.5 Å². The molecule has 1 aromatic carbocycles. The Balaban J connectivity index is 1.68. The van der Waals surface area contributed by atoms with E-state index in [9.17, 15) is 9.90 Å². The van der Waals surface area contributed by atoms with Gasteiger partial charge in [-0.2, -0.15) is 0 Å². The average Bonchev–Trinajstić information content (AvgIpc) is 2.65. The molecular weight excluding hydrogens is 372 g/mol. The third-order valence-electron chi connectivity index (χ3n) is 6.59. The number of phenols is 1. The van der Waals surface area contributed by atoms with Crippen LogP contribution in [0.5, 0.6) is 5.75 Å². The predicted molar refractivity (Wildman–Crippen MR) is 113 cm³/mol. The van der Waals surface area contributed by atoms with Crippen molar-refractivity contribution in [3.63, 3.8) is 0 Å². The van der Waals surface area contributed by atoms with Gasteiger partial charge in [0.1, 0.15) is 11.5 Å². The van der Waals surface area contributed by atoms with Crippen LogP contribution in [-0.2, 0) is 9.53 Å². The smallest absolute Gasteiger partial charge is 0.152 e. The van der Waals surface area contributed by atoms with Crippen molar-refractivity contribution >= 4 is 29.2 Å². The Morgan fingerprint density at radius 1 is 1.11 bits per heavy atom. The van der Waals surface area contributed by atoms with Gasteiger partial charge >= 0.3 is 0 Å². The Hall–Kier alpha value is -2.00. The fraction of sp³-hybridized carbons (Fsp3) is 0.458. The van der Waals surface area contributed by atoms with E-state index in [4.69, 9.17) is 16.3 Å². The molecule has 0 saturated heterocycles. The number of aromatic hydroxyl groups is 1. The largest absolute Gasteiger partial charge is 0.506 e. The molecule has 4 saturated carbocycles. The number of carbonyl (C=O) groups is 1. The summed E-state index contributed by atoms with van der Waals surface area (Å²) in [5, 5.41) is 11.0. The van der Waals surface area contributed by atoms with Gasteiger partial charge in [-0.1, -0.05) is 35.9 Å². The summed E-state index contributed by atoms with van der Waals surface area (Å²) in [6, 6.07) is 3.79. The van der Waals surface area contributed by atoms with Gasteiger partial charge in [-0.05, 0) is 80.4 Å². The Morgan fingerprint density at radius 3 is 2.32 bits per heavy atom. The maximum Gasteiger partial charge on any atom is 0.152 e. The number of hydrogen-bond acceptors (Lipinski definition) is 3. The molecule has 0 heterocycles. The van der Waals surface area contributed by atoms with Crippen molar-refractivity contribution in [3.8, 4) is 5.75 Å². The van der Waals surface area contributed by atoms with Crippen LogP contribution in [0.3, 0.4) is 0 Å². The Kier molecular flexibility index (Phi) is 5.37. The number of phenolic OH excluding ortho intramolecular Hbond substituents is 1. The second-order valence-electron chi connectivity index (χ2n) is 8.49. The van der Waals surface area contributed by atoms with Crippen LogP contribution >= 0.6 is 11.6 Å². The lowest BCUT2D eigenvalue weighted by molar-refractivity contribution is -0.112. The molecule has 148 valence electrons. The molecule has 0 spiro atoms. The number of hydrogen-bond donors (Lipinski definition) is 1. The van der Waals surface area contributed by atoms with E-state index < -0.39 is 0 Å². The summed E-state index contributed by atoms with van der Waals surface area (Å²) in [6.07, 6.45) is 13.1. The third-order valence-corrected chi connectivity index (χ3v) is 6.98. The monoisotopic (exact) mass is 398 g/mol. The summed E-state index contributed by atoms with van der Waals surface area (Å²) in [5.74, 6) is 3.84. The maximum absolute atomic E-state index is 11.0. The van der Waals surface area contributed by atoms with Crippen molar-refractivity contribution in [2.24, 2.45) is 23.7 Å². The highest BCUT2D eigenvalue weighted by atomic mass is 35.5. The van der Waals surface area contributed by atoms with E-state index >= 15 is 0 Å². The van der Waals surface area contributed by atoms with E-state index in [1.54, 1.807) is 25.3 Å². The highest BCUT2D eigenvalue weighted by Gasteiger charge is 2.46. The van der Waals surface area contributed by atoms with Gasteiger partial charge in [0.25, 0.3) is 0 Å². The van der Waals surface area contributed by atoms with Gasteiger partial charge in [-0.15, -0.1) is 0 Å². The number of ketones is 1. The molecule has 3 nitrogen and oxygen atoms in total. The molecular formula is C24H27ClO3. The van der Waals surface area contributed by atoms with Crippen LogP contribution in [0.15, 0.2) is 35.9 Å². The van der Waals surface area contributed by atoms with Gasteiger partial charge in [-0.25, -0.2) is 0 Å². The van der Waals surface area contributed by atoms with Crippen molar-refractivity contribution in [2.75, 3.05) is 7.11 Å². The average molecular weight is 399 g/mol. The second-order valence-corrected chi connectivity index (χ2v) is 8.86. The van der Waals surface area contributed by atoms with E-state index in [1.165, 1.54) is 50.7 Å². The molecule has 0 radical (unpaired) electrons. The van der Waals surface area contributed by atoms with Crippen LogP contribution < -0.4 is 0 Å². The minimum absolute atomic E-state index is 0.0192. The second kappa shape index (κ2) is 7.79. The van der Waals surface area contributed by atoms with Gasteiger partial charge in [-0.3, -0.25) is 4.79 Å². The zero-order chi connectivity index (χ0) is 19.8. The number of benzene rings is 1. The highest BCUT2D eigenvalue weighted by Crippen LogP contribution is 2.58. The number of rotatable bonds is 5. The zero-order valence-electron chi connectivity index (χ0n) is 16.5. The number of allylic oxidation sites excluding steroid dienone is 4. The van der Waals surface area contributed by atoms with Crippen LogP contribution in [0.2, 0.25) is 5.02 Å². The van der Waals surface area contributed by atoms with Crippen molar-refractivity contribution in [3.05, 3.63) is 52.1 Å². The lowest BCUT2D eigenvalue weighted by Gasteiger charge is -2.51. The summed E-state index contributed by atoms with van der Waals surface area (Å²) in [6.45, 7) is 1.50. The molecule has 28 heavy (non-hydrogen) atoms. The van der Waals surface area contributed by atoms with Crippen LogP contribution in [-0.4, -0.2) is 18.0 Å². The van der Waals surface area contributed by atoms with Gasteiger partial charge in [0.2, 0.25) is 0 Å². The Labute approximate surface area is 171 Å². The molecule has 1 aromatic rings. The molecule has 5 rings (SSSR count). The van der Waals surface area contributed by atoms with E-state index in [2.05, 4.69) is 0 Å². The van der Waals surface area contributed by atoms with Crippen LogP contribution in [0.4, 0.5) is 0 Å². The summed E-state index contributed by atoms with van der Waals surface area (Å²) in [4.78, 5) is 11.0. The molecule has 4 aliphatic rings. The molecule has 1 N–H and O–H groups in total. The zero-order valence-corrected chi connectivity index (χ0v) is 17.2. The molecule has 0 aliphatic heterocycles. The summed E-state index contributed by atoms with van der Waals surface area (Å²) in [5.41, 5.74) is 2.82. The first-order valence-corrected chi connectivity index (χ1v) is 10.5. The lowest BCUT2D eigenvalue weighted by Crippen LogP contribution is -2.40. The molecule has 0 atom stereocenters. The van der Waals surface area contributed by atoms with E-state index in [0.29, 0.717) is 22.4 Å². The standard InChI is InChI=1S/C24H27ClO3/c1-14(26)5-3-4-6-17-7-8-20(22(25)23(17)27)24(28-2)21-18-10-15-9-16(12-18)13-19(21)11-15/h3-8,15-16,18-19,27H,9-13H2,1-2H3/b5-3+,6-4+,24-21?. The first kappa shape index (κ1) is 19.3. The number of carbonyl (C=O) groups excluding carboxylic acids is 1. The van der Waals surface area contributed by atoms with Crippen LogP contribution in [0.1, 0.15) is 50.2 Å². The molecule has 4 bridgehead atoms. The summed E-state index contributed by atoms with van der Waals surface area (Å²) >= 11 is 6.58. The van der Waals surface area contributed by atoms with E-state index in [-0.39, 0.29) is 11.5 Å². The molecule has 0 aromatic heterocycles. The molecule has 4 aliphatic carbocycles. The van der Waals surface area contributed by atoms with Gasteiger partial charge in [0, 0.05) is 11.1 Å². The lowest BCUT2D eigenvalue weighted by atomic mass is 9.54. The first-order valence-electron chi connectivity index (χ1n) is 10.1. The van der Waals surface area contributed by atoms with E-state index in [0.717, 1.165) is 23.2 Å². The normalized spacial score (nSPS) is 28.5. The van der Waals surface area contributed by atoms with Crippen molar-refractivity contribution in [1.29, 1.82) is 0 Å². The molecule has 0 unspecified atom stereocenters. The Morgan fingerprint density at radius 2 is 1.75 bits per heavy atom. The first-order chi connectivity index (χ1) is 13.5. The van der Waals surface area contributed by atoms with Crippen LogP contribution in [0, 0.1) is 23.7 Å². The van der Waals surface area contributed by atoms with Crippen molar-refractivity contribution in [1.82, 2.24) is 0 Å². The number of methoxy groups -OCH3 is 1. The number of halogens is 1. The molecule has 4 fully saturated rings. The summed E-state index contributed by atoms with van der Waals surface area (Å²) < 4.78 is 5.88. The van der Waals surface area contributed by atoms with Crippen LogP contribution in [0.25, 0.3) is 11.8 Å². The SMILES string of the molecule is COC(=C1C2CC3CC(C2)CC1C3)c1ccc(/C=C/C=C/C(C)=O)c(O)c1Cl. The fourth-order valence-electron chi connectivity index (χ4n) is 5.69. The van der Waals surface area contributed by atoms with Gasteiger partial charge in [0.15, 0.2) is 5.78 Å². The molecule has 0 amide bonds. The minimum Gasteiger partial charge on any atom is -0.506 e. The highest BCUT2D eigenvalue weighted by molar-refractivity contribution is 6.34. The quantitative estimate of drug-likeness (QED) is 0.375. The molecule has 4 heteroatoms. The fourth-order valence-corrected chi connectivity index (χ4v) is 5.94. The van der Waals surface area contributed by atoms with Crippen molar-refractivity contribution < 1.29 is 14.6 Å². The van der Waals surface area contributed by atoms with Crippen molar-refractivity contribution in [2.45, 2.75) is 39.0 Å². The summed E-state index contributed by atoms with van der Waals surface area (Å²) in [7, 11) is 1.71. The maximum atomic E-state index is 11.0. The van der Waals surface area contributed by atoms with Gasteiger partial charge in [0.05, 0.1) is 12.1 Å².